The molecule has 6 nitrogen and oxygen atoms in total. The molecule has 0 amide bonds. The zero-order valence-corrected chi connectivity index (χ0v) is 19.1. The molecule has 0 fully saturated rings. The standard InChI is InChI=1S/C27H28O6/c1-4-16-30-22-10-6-20(7-11-22)26(28)32-24-14-15-25(19(3)18-24)33-27(29)21-8-12-23(13-9-21)31-17-5-2/h6-15,18H,4-5,16-17H2,1-3H3. The fourth-order valence-corrected chi connectivity index (χ4v) is 2.94. The summed E-state index contributed by atoms with van der Waals surface area (Å²) in [6.07, 6.45) is 1.82. The van der Waals surface area contributed by atoms with Crippen LogP contribution in [0.4, 0.5) is 0 Å². The van der Waals surface area contributed by atoms with Crippen LogP contribution in [0.3, 0.4) is 0 Å². The quantitative estimate of drug-likeness (QED) is 0.279. The molecule has 0 spiro atoms. The highest BCUT2D eigenvalue weighted by atomic mass is 16.5. The summed E-state index contributed by atoms with van der Waals surface area (Å²) in [5.74, 6) is 1.21. The first-order valence-electron chi connectivity index (χ1n) is 11.0. The number of rotatable bonds is 10. The molecule has 0 heterocycles. The highest BCUT2D eigenvalue weighted by molar-refractivity contribution is 5.92. The predicted molar refractivity (Wildman–Crippen MR) is 126 cm³/mol. The Morgan fingerprint density at radius 1 is 0.636 bits per heavy atom. The molecular weight excluding hydrogens is 420 g/mol. The second kappa shape index (κ2) is 11.7. The molecule has 0 radical (unpaired) electrons. The molecule has 6 heteroatoms. The van der Waals surface area contributed by atoms with Crippen molar-refractivity contribution in [2.75, 3.05) is 13.2 Å². The normalized spacial score (nSPS) is 10.4. The average Bonchev–Trinajstić information content (AvgIpc) is 2.83. The van der Waals surface area contributed by atoms with Gasteiger partial charge in [0.05, 0.1) is 24.3 Å². The first-order valence-corrected chi connectivity index (χ1v) is 11.0. The molecule has 0 aromatic heterocycles. The van der Waals surface area contributed by atoms with Gasteiger partial charge >= 0.3 is 11.9 Å². The van der Waals surface area contributed by atoms with Gasteiger partial charge in [-0.25, -0.2) is 9.59 Å². The Balaban J connectivity index is 1.60. The Kier molecular flexibility index (Phi) is 8.47. The van der Waals surface area contributed by atoms with Crippen LogP contribution in [0.2, 0.25) is 0 Å². The number of hydrogen-bond donors (Lipinski definition) is 0. The molecule has 0 atom stereocenters. The molecule has 0 N–H and O–H groups in total. The molecule has 0 aliphatic rings. The molecule has 3 aromatic rings. The maximum Gasteiger partial charge on any atom is 0.343 e. The smallest absolute Gasteiger partial charge is 0.343 e. The van der Waals surface area contributed by atoms with Crippen LogP contribution < -0.4 is 18.9 Å². The van der Waals surface area contributed by atoms with E-state index in [1.807, 2.05) is 13.8 Å². The Morgan fingerprint density at radius 2 is 1.09 bits per heavy atom. The summed E-state index contributed by atoms with van der Waals surface area (Å²) < 4.78 is 22.0. The Bertz CT molecular complexity index is 1070. The van der Waals surface area contributed by atoms with Crippen molar-refractivity contribution < 1.29 is 28.5 Å². The minimum absolute atomic E-state index is 0.362. The fraction of sp³-hybridized carbons (Fsp3) is 0.259. The van der Waals surface area contributed by atoms with Crippen LogP contribution in [0.15, 0.2) is 66.7 Å². The van der Waals surface area contributed by atoms with Crippen LogP contribution in [0.5, 0.6) is 23.0 Å². The Labute approximate surface area is 194 Å². The summed E-state index contributed by atoms with van der Waals surface area (Å²) in [5, 5.41) is 0. The van der Waals surface area contributed by atoms with E-state index >= 15 is 0 Å². The van der Waals surface area contributed by atoms with Gasteiger partial charge in [0.25, 0.3) is 0 Å². The topological polar surface area (TPSA) is 71.1 Å². The van der Waals surface area contributed by atoms with E-state index in [-0.39, 0.29) is 0 Å². The second-order valence-electron chi connectivity index (χ2n) is 7.45. The van der Waals surface area contributed by atoms with E-state index in [1.165, 1.54) is 0 Å². The maximum atomic E-state index is 12.5. The lowest BCUT2D eigenvalue weighted by atomic mass is 10.2. The van der Waals surface area contributed by atoms with E-state index in [9.17, 15) is 9.59 Å². The molecule has 0 saturated heterocycles. The first-order chi connectivity index (χ1) is 16.0. The van der Waals surface area contributed by atoms with Crippen molar-refractivity contribution in [3.8, 4) is 23.0 Å². The van der Waals surface area contributed by atoms with Crippen LogP contribution in [0.25, 0.3) is 0 Å². The van der Waals surface area contributed by atoms with Crippen molar-refractivity contribution in [1.82, 2.24) is 0 Å². The third kappa shape index (κ3) is 6.84. The van der Waals surface area contributed by atoms with E-state index in [2.05, 4.69) is 0 Å². The zero-order valence-electron chi connectivity index (χ0n) is 19.1. The summed E-state index contributed by atoms with van der Waals surface area (Å²) in [5.41, 5.74) is 1.50. The van der Waals surface area contributed by atoms with Gasteiger partial charge in [0.2, 0.25) is 0 Å². The van der Waals surface area contributed by atoms with Crippen molar-refractivity contribution in [3.05, 3.63) is 83.4 Å². The van der Waals surface area contributed by atoms with Crippen LogP contribution in [0.1, 0.15) is 53.0 Å². The average molecular weight is 449 g/mol. The van der Waals surface area contributed by atoms with Crippen LogP contribution in [0, 0.1) is 6.92 Å². The Hall–Kier alpha value is -3.80. The zero-order chi connectivity index (χ0) is 23.6. The molecule has 3 aromatic carbocycles. The fourth-order valence-electron chi connectivity index (χ4n) is 2.94. The van der Waals surface area contributed by atoms with Crippen molar-refractivity contribution in [3.63, 3.8) is 0 Å². The van der Waals surface area contributed by atoms with Gasteiger partial charge in [0, 0.05) is 0 Å². The van der Waals surface area contributed by atoms with E-state index in [4.69, 9.17) is 18.9 Å². The minimum Gasteiger partial charge on any atom is -0.494 e. The van der Waals surface area contributed by atoms with E-state index in [1.54, 1.807) is 73.7 Å². The molecule has 33 heavy (non-hydrogen) atoms. The molecule has 3 rings (SSSR count). The summed E-state index contributed by atoms with van der Waals surface area (Å²) in [6.45, 7) is 7.08. The van der Waals surface area contributed by atoms with Crippen molar-refractivity contribution >= 4 is 11.9 Å². The molecule has 172 valence electrons. The van der Waals surface area contributed by atoms with Gasteiger partial charge < -0.3 is 18.9 Å². The lowest BCUT2D eigenvalue weighted by Crippen LogP contribution is -2.10. The number of esters is 2. The predicted octanol–water partition coefficient (Wildman–Crippen LogP) is 6.01. The van der Waals surface area contributed by atoms with Gasteiger partial charge in [-0.05, 0) is 92.1 Å². The molecule has 0 aliphatic carbocycles. The third-order valence-corrected chi connectivity index (χ3v) is 4.69. The number of aryl methyl sites for hydroxylation is 1. The molecule has 0 aliphatic heterocycles. The monoisotopic (exact) mass is 448 g/mol. The van der Waals surface area contributed by atoms with Gasteiger partial charge in [-0.15, -0.1) is 0 Å². The van der Waals surface area contributed by atoms with Crippen LogP contribution in [-0.4, -0.2) is 25.2 Å². The highest BCUT2D eigenvalue weighted by Gasteiger charge is 2.13. The number of ether oxygens (including phenoxy) is 4. The summed E-state index contributed by atoms with van der Waals surface area (Å²) >= 11 is 0. The van der Waals surface area contributed by atoms with E-state index < -0.39 is 11.9 Å². The minimum atomic E-state index is -0.480. The van der Waals surface area contributed by atoms with Crippen molar-refractivity contribution in [2.45, 2.75) is 33.6 Å². The second-order valence-corrected chi connectivity index (χ2v) is 7.45. The SMILES string of the molecule is CCCOc1ccc(C(=O)Oc2ccc(OC(=O)c3ccc(OCCC)cc3)c(C)c2)cc1. The van der Waals surface area contributed by atoms with Crippen molar-refractivity contribution in [2.24, 2.45) is 0 Å². The number of carbonyl (C=O) groups excluding carboxylic acids is 2. The van der Waals surface area contributed by atoms with Gasteiger partial charge in [0.1, 0.15) is 23.0 Å². The van der Waals surface area contributed by atoms with Crippen molar-refractivity contribution in [1.29, 1.82) is 0 Å². The lowest BCUT2D eigenvalue weighted by Gasteiger charge is -2.11. The Morgan fingerprint density at radius 3 is 1.55 bits per heavy atom. The summed E-state index contributed by atoms with van der Waals surface area (Å²) in [6, 6.07) is 18.5. The van der Waals surface area contributed by atoms with Gasteiger partial charge in [-0.1, -0.05) is 13.8 Å². The largest absolute Gasteiger partial charge is 0.494 e. The summed E-state index contributed by atoms with van der Waals surface area (Å²) in [7, 11) is 0. The maximum absolute atomic E-state index is 12.5. The molecule has 0 unspecified atom stereocenters. The lowest BCUT2D eigenvalue weighted by molar-refractivity contribution is 0.0718. The number of hydrogen-bond acceptors (Lipinski definition) is 6. The van der Waals surface area contributed by atoms with E-state index in [0.717, 1.165) is 12.8 Å². The number of benzene rings is 3. The van der Waals surface area contributed by atoms with Crippen LogP contribution >= 0.6 is 0 Å². The van der Waals surface area contributed by atoms with Gasteiger partial charge in [-0.2, -0.15) is 0 Å². The molecular formula is C27H28O6. The molecule has 0 saturated carbocycles. The highest BCUT2D eigenvalue weighted by Crippen LogP contribution is 2.25. The number of carbonyl (C=O) groups is 2. The molecule has 0 bridgehead atoms. The van der Waals surface area contributed by atoms with E-state index in [0.29, 0.717) is 52.9 Å². The van der Waals surface area contributed by atoms with Gasteiger partial charge in [-0.3, -0.25) is 0 Å². The first kappa shape index (κ1) is 23.9. The summed E-state index contributed by atoms with van der Waals surface area (Å²) in [4.78, 5) is 24.9. The van der Waals surface area contributed by atoms with Crippen LogP contribution in [-0.2, 0) is 0 Å². The third-order valence-electron chi connectivity index (χ3n) is 4.69. The van der Waals surface area contributed by atoms with Gasteiger partial charge in [0.15, 0.2) is 0 Å².